The minimum atomic E-state index is -0.945. The number of carbonyl (C=O) groups is 6. The Balaban J connectivity index is 0.000000173. The van der Waals surface area contributed by atoms with Crippen LogP contribution in [-0.4, -0.2) is 62.4 Å². The van der Waals surface area contributed by atoms with Gasteiger partial charge in [0.2, 0.25) is 5.78 Å². The number of aromatic nitrogens is 1. The summed E-state index contributed by atoms with van der Waals surface area (Å²) in [5.74, 6) is -2.61. The van der Waals surface area contributed by atoms with E-state index in [9.17, 15) is 33.2 Å². The monoisotopic (exact) mass is 1110 g/mol. The van der Waals surface area contributed by atoms with Gasteiger partial charge in [-0.2, -0.15) is 0 Å². The Morgan fingerprint density at radius 3 is 1.90 bits per heavy atom. The highest BCUT2D eigenvalue weighted by Crippen LogP contribution is 2.29. The smallest absolute Gasteiger partial charge is 0.335 e. The second-order valence-electron chi connectivity index (χ2n) is 19.1. The van der Waals surface area contributed by atoms with Crippen molar-refractivity contribution in [3.63, 3.8) is 0 Å². The third-order valence-electron chi connectivity index (χ3n) is 13.5. The van der Waals surface area contributed by atoms with Crippen LogP contribution < -0.4 is 4.74 Å². The third kappa shape index (κ3) is 16.2. The standard InChI is InChI=1S/C19H17NO4.C16H14ClFO2.C16H16O2.C15H14O2S/c1-12-3-5-13(6-4-12)19(23)20-11-14(9-18(21)22)16-10-15(24-2)7-8-17(16)20;1-10-5-6-11(12(7-10)9-16(19)20)8-13-14(17)3-2-4-15(13)18;1-11-6-5-8-13(12(11)2)10-14-7-3-4-9-15(14)16(17)18;1-10(11(2)16)12-5-7-13(8-6-12)15(17)14-4-3-9-18-14/h3-8,10-11H,9H2,1-2H3,(H,21,22);2-7H,8-9H2,1H3,(H,19,20);3-9H,10H2,1-2H3,(H,17,18);3-10H,1-2H3. The number of halogens is 2. The molecule has 2 aromatic heterocycles. The Labute approximate surface area is 473 Å². The summed E-state index contributed by atoms with van der Waals surface area (Å²) in [6, 6.07) is 46.9. The summed E-state index contributed by atoms with van der Waals surface area (Å²) in [6.45, 7) is 11.4. The van der Waals surface area contributed by atoms with E-state index in [4.69, 9.17) is 31.7 Å². The van der Waals surface area contributed by atoms with Gasteiger partial charge >= 0.3 is 17.9 Å². The number of hydrogen-bond donors (Lipinski definition) is 3. The first-order valence-corrected chi connectivity index (χ1v) is 26.7. The number of thiophene rings is 1. The molecule has 0 saturated carbocycles. The number of benzene rings is 7. The summed E-state index contributed by atoms with van der Waals surface area (Å²) in [4.78, 5) is 70.1. The molecule has 2 heterocycles. The molecule has 0 aliphatic carbocycles. The number of ketones is 2. The molecule has 7 aromatic carbocycles. The number of carboxylic acid groups (broad SMARTS) is 3. The van der Waals surface area contributed by atoms with Crippen LogP contribution in [0.15, 0.2) is 169 Å². The van der Waals surface area contributed by atoms with E-state index in [1.54, 1.807) is 87.0 Å². The van der Waals surface area contributed by atoms with E-state index in [1.807, 2.05) is 98.9 Å². The van der Waals surface area contributed by atoms with E-state index in [-0.39, 0.29) is 48.5 Å². The fourth-order valence-corrected chi connectivity index (χ4v) is 9.57. The van der Waals surface area contributed by atoms with E-state index >= 15 is 0 Å². The zero-order valence-electron chi connectivity index (χ0n) is 45.4. The molecule has 410 valence electrons. The Morgan fingerprint density at radius 1 is 0.637 bits per heavy atom. The molecule has 1 atom stereocenters. The predicted molar refractivity (Wildman–Crippen MR) is 313 cm³/mol. The molecule has 0 saturated heterocycles. The van der Waals surface area contributed by atoms with E-state index in [0.29, 0.717) is 61.5 Å². The van der Waals surface area contributed by atoms with Crippen molar-refractivity contribution in [3.05, 3.63) is 263 Å². The van der Waals surface area contributed by atoms with Crippen molar-refractivity contribution < 1.29 is 53.2 Å². The van der Waals surface area contributed by atoms with E-state index in [0.717, 1.165) is 32.7 Å². The van der Waals surface area contributed by atoms with Crippen molar-refractivity contribution in [1.82, 2.24) is 4.57 Å². The molecule has 9 rings (SSSR count). The number of rotatable bonds is 15. The highest BCUT2D eigenvalue weighted by molar-refractivity contribution is 7.12. The molecule has 0 spiro atoms. The molecule has 14 heteroatoms. The van der Waals surface area contributed by atoms with Crippen LogP contribution in [0.4, 0.5) is 4.39 Å². The lowest BCUT2D eigenvalue weighted by Gasteiger charge is -2.11. The van der Waals surface area contributed by atoms with Crippen molar-refractivity contribution >= 4 is 69.2 Å². The van der Waals surface area contributed by atoms with Gasteiger partial charge in [-0.3, -0.25) is 28.5 Å². The summed E-state index contributed by atoms with van der Waals surface area (Å²) < 4.78 is 20.5. The van der Waals surface area contributed by atoms with Crippen LogP contribution >= 0.6 is 22.9 Å². The number of aliphatic carboxylic acids is 2. The number of aromatic carboxylic acids is 1. The molecule has 0 amide bonds. The second kappa shape index (κ2) is 28.2. The van der Waals surface area contributed by atoms with E-state index < -0.39 is 17.9 Å². The van der Waals surface area contributed by atoms with Crippen LogP contribution in [0.1, 0.15) is 117 Å². The number of methoxy groups -OCH3 is 1. The van der Waals surface area contributed by atoms with Crippen LogP contribution in [0, 0.1) is 33.5 Å². The van der Waals surface area contributed by atoms with Gasteiger partial charge in [-0.15, -0.1) is 11.3 Å². The SMILES string of the molecule is CC(=O)C(C)c1ccc(C(=O)c2cccs2)cc1.COc1ccc2c(c1)c(CC(=O)O)cn2C(=O)c1ccc(C)cc1.Cc1ccc(Cc2c(F)cccc2Cl)c(CC(=O)O)c1.Cc1cccc(Cc2ccccc2C(=O)O)c1C. The summed E-state index contributed by atoms with van der Waals surface area (Å²) in [6.07, 6.45) is 2.31. The molecule has 80 heavy (non-hydrogen) atoms. The minimum absolute atomic E-state index is 0.0343. The average molecular weight is 1110 g/mol. The molecule has 0 aliphatic rings. The zero-order chi connectivity index (χ0) is 58.2. The Hall–Kier alpha value is -8.78. The van der Waals surface area contributed by atoms with Gasteiger partial charge in [0.15, 0.2) is 0 Å². The van der Waals surface area contributed by atoms with Gasteiger partial charge in [0.05, 0.1) is 35.9 Å². The maximum atomic E-state index is 13.8. The third-order valence-corrected chi connectivity index (χ3v) is 14.7. The molecule has 0 radical (unpaired) electrons. The lowest BCUT2D eigenvalue weighted by atomic mass is 9.95. The number of fused-ring (bicyclic) bond motifs is 1. The summed E-state index contributed by atoms with van der Waals surface area (Å²) in [5, 5.41) is 30.2. The van der Waals surface area contributed by atoms with Crippen LogP contribution in [0.3, 0.4) is 0 Å². The van der Waals surface area contributed by atoms with Gasteiger partial charge in [0.25, 0.3) is 5.91 Å². The van der Waals surface area contributed by atoms with Crippen molar-refractivity contribution in [1.29, 1.82) is 0 Å². The number of carboxylic acids is 3. The van der Waals surface area contributed by atoms with Gasteiger partial charge in [-0.1, -0.05) is 133 Å². The van der Waals surface area contributed by atoms with Crippen molar-refractivity contribution in [2.45, 2.75) is 73.1 Å². The molecule has 0 bridgehead atoms. The van der Waals surface area contributed by atoms with Gasteiger partial charge in [-0.05, 0) is 146 Å². The molecular formula is C66H61ClFNO10S. The number of Topliss-reactive ketones (excluding diaryl/α,β-unsaturated/α-hetero) is 1. The molecule has 0 fully saturated rings. The van der Waals surface area contributed by atoms with Gasteiger partial charge in [-0.25, -0.2) is 9.18 Å². The summed E-state index contributed by atoms with van der Waals surface area (Å²) in [7, 11) is 1.55. The predicted octanol–water partition coefficient (Wildman–Crippen LogP) is 14.5. The van der Waals surface area contributed by atoms with Gasteiger partial charge in [0.1, 0.15) is 17.3 Å². The van der Waals surface area contributed by atoms with Gasteiger partial charge in [0, 0.05) is 45.6 Å². The molecule has 0 aliphatic heterocycles. The number of ether oxygens (including phenoxy) is 1. The largest absolute Gasteiger partial charge is 0.497 e. The quantitative estimate of drug-likeness (QED) is 0.0837. The number of nitrogens with zero attached hydrogens (tertiary/aromatic N) is 1. The Bertz CT molecular complexity index is 3660. The lowest BCUT2D eigenvalue weighted by molar-refractivity contribution is -0.137. The first-order chi connectivity index (χ1) is 38.1. The highest BCUT2D eigenvalue weighted by Gasteiger charge is 2.19. The Morgan fingerprint density at radius 2 is 1.27 bits per heavy atom. The maximum Gasteiger partial charge on any atom is 0.335 e. The summed E-state index contributed by atoms with van der Waals surface area (Å²) >= 11 is 7.45. The maximum absolute atomic E-state index is 13.8. The van der Waals surface area contributed by atoms with Crippen LogP contribution in [-0.2, 0) is 40.1 Å². The molecular weight excluding hydrogens is 1050 g/mol. The second-order valence-corrected chi connectivity index (χ2v) is 20.5. The Kier molecular flexibility index (Phi) is 21.3. The topological polar surface area (TPSA) is 177 Å². The van der Waals surface area contributed by atoms with Crippen molar-refractivity contribution in [2.24, 2.45) is 0 Å². The van der Waals surface area contributed by atoms with Gasteiger partial charge < -0.3 is 20.1 Å². The van der Waals surface area contributed by atoms with Crippen LogP contribution in [0.5, 0.6) is 5.75 Å². The summed E-state index contributed by atoms with van der Waals surface area (Å²) in [5.41, 5.74) is 12.2. The van der Waals surface area contributed by atoms with Crippen LogP contribution in [0.2, 0.25) is 5.02 Å². The number of aryl methyl sites for hydroxylation is 3. The van der Waals surface area contributed by atoms with Crippen LogP contribution in [0.25, 0.3) is 10.9 Å². The molecule has 1 unspecified atom stereocenters. The first-order valence-electron chi connectivity index (χ1n) is 25.4. The lowest BCUT2D eigenvalue weighted by Crippen LogP contribution is -2.10. The normalized spacial score (nSPS) is 10.9. The minimum Gasteiger partial charge on any atom is -0.497 e. The highest BCUT2D eigenvalue weighted by atomic mass is 35.5. The first kappa shape index (κ1) is 60.4. The molecule has 3 N–H and O–H groups in total. The van der Waals surface area contributed by atoms with Crippen molar-refractivity contribution in [2.75, 3.05) is 7.11 Å². The molecule has 11 nitrogen and oxygen atoms in total. The van der Waals surface area contributed by atoms with E-state index in [1.165, 1.54) is 38.7 Å². The average Bonchev–Trinajstić information content (AvgIpc) is 4.20. The van der Waals surface area contributed by atoms with Crippen molar-refractivity contribution in [3.8, 4) is 5.75 Å². The fourth-order valence-electron chi connectivity index (χ4n) is 8.66. The van der Waals surface area contributed by atoms with E-state index in [2.05, 4.69) is 26.0 Å². The fraction of sp³-hybridized carbons (Fsp3) is 0.182. The zero-order valence-corrected chi connectivity index (χ0v) is 47.0. The number of hydrogen-bond acceptors (Lipinski definition) is 8. The molecule has 9 aromatic rings. The number of carbonyl (C=O) groups excluding carboxylic acids is 3.